The van der Waals surface area contributed by atoms with E-state index in [1.807, 2.05) is 0 Å². The Morgan fingerprint density at radius 1 is 0.977 bits per heavy atom. The van der Waals surface area contributed by atoms with Gasteiger partial charge in [-0.3, -0.25) is 9.36 Å². The second kappa shape index (κ2) is 12.4. The maximum Gasteiger partial charge on any atom is 0.276 e. The summed E-state index contributed by atoms with van der Waals surface area (Å²) < 4.78 is 72.6. The van der Waals surface area contributed by atoms with Crippen molar-refractivity contribution in [2.75, 3.05) is 36.5 Å². The Hall–Kier alpha value is -2.99. The van der Waals surface area contributed by atoms with Crippen LogP contribution < -0.4 is 10.9 Å². The van der Waals surface area contributed by atoms with E-state index in [4.69, 9.17) is 0 Å². The van der Waals surface area contributed by atoms with Gasteiger partial charge in [-0.2, -0.15) is 0 Å². The van der Waals surface area contributed by atoms with Crippen LogP contribution in [0.5, 0.6) is 0 Å². The summed E-state index contributed by atoms with van der Waals surface area (Å²) in [5, 5.41) is 3.77. The zero-order chi connectivity index (χ0) is 31.1. The van der Waals surface area contributed by atoms with Crippen LogP contribution in [0.4, 0.5) is 19.0 Å². The Kier molecular flexibility index (Phi) is 8.76. The normalized spacial score (nSPS) is 26.3. The molecule has 3 aromatic rings. The minimum absolute atomic E-state index is 0.0288. The maximum absolute atomic E-state index is 15.8. The number of anilines is 1. The van der Waals surface area contributed by atoms with E-state index in [2.05, 4.69) is 20.2 Å². The molecular formula is C32H40F3N5O3S. The molecule has 238 valence electrons. The Balaban J connectivity index is 1.40. The molecule has 1 N–H and O–H groups in total. The number of fused-ring (bicyclic) bond motifs is 8. The first-order chi connectivity index (χ1) is 21.0. The summed E-state index contributed by atoms with van der Waals surface area (Å²) in [4.78, 5) is 24.9. The molecule has 0 amide bonds. The van der Waals surface area contributed by atoms with Crippen LogP contribution >= 0.6 is 0 Å². The number of hydrogen-bond acceptors (Lipinski definition) is 7. The largest absolute Gasteiger partial charge is 0.363 e. The Bertz CT molecular complexity index is 1680. The minimum Gasteiger partial charge on any atom is -0.363 e. The van der Waals surface area contributed by atoms with Crippen LogP contribution in [0.2, 0.25) is 0 Å². The molecule has 1 atom stereocenters. The minimum atomic E-state index is -3.30. The van der Waals surface area contributed by atoms with Crippen LogP contribution in [0.1, 0.15) is 86.9 Å². The number of rotatable bonds is 1. The van der Waals surface area contributed by atoms with Gasteiger partial charge in [0, 0.05) is 37.2 Å². The van der Waals surface area contributed by atoms with Crippen molar-refractivity contribution < 1.29 is 21.6 Å². The monoisotopic (exact) mass is 631 g/mol. The number of pyridine rings is 1. The molecule has 2 fully saturated rings. The van der Waals surface area contributed by atoms with Gasteiger partial charge in [0.25, 0.3) is 11.5 Å². The first-order valence-electron chi connectivity index (χ1n) is 15.8. The molecule has 0 unspecified atom stereocenters. The summed E-state index contributed by atoms with van der Waals surface area (Å²) in [6.07, 6.45) is 6.37. The van der Waals surface area contributed by atoms with Crippen LogP contribution in [0, 0.1) is 11.7 Å². The second-order valence-electron chi connectivity index (χ2n) is 12.8. The van der Waals surface area contributed by atoms with Crippen molar-refractivity contribution in [3.63, 3.8) is 0 Å². The highest BCUT2D eigenvalue weighted by Crippen LogP contribution is 2.40. The number of aromatic nitrogens is 3. The van der Waals surface area contributed by atoms with Crippen molar-refractivity contribution in [3.05, 3.63) is 63.5 Å². The predicted molar refractivity (Wildman–Crippen MR) is 164 cm³/mol. The molecule has 0 aliphatic carbocycles. The Morgan fingerprint density at radius 2 is 1.68 bits per heavy atom. The molecule has 12 heteroatoms. The average Bonchev–Trinajstić information content (AvgIpc) is 2.95. The van der Waals surface area contributed by atoms with E-state index in [0.29, 0.717) is 54.9 Å². The molecule has 0 radical (unpaired) electrons. The third kappa shape index (κ3) is 6.38. The molecule has 44 heavy (non-hydrogen) atoms. The van der Waals surface area contributed by atoms with Crippen LogP contribution in [0.3, 0.4) is 0 Å². The average molecular weight is 632 g/mol. The predicted octanol–water partition coefficient (Wildman–Crippen LogP) is 5.77. The smallest absolute Gasteiger partial charge is 0.276 e. The van der Waals surface area contributed by atoms with Gasteiger partial charge in [0.1, 0.15) is 33.4 Å². The molecule has 2 aromatic heterocycles. The number of nitrogens with zero attached hydrogens (tertiary/aromatic N) is 4. The van der Waals surface area contributed by atoms with E-state index >= 15 is 13.2 Å². The van der Waals surface area contributed by atoms with E-state index in [0.717, 1.165) is 38.6 Å². The number of aryl methyl sites for hydroxylation is 1. The van der Waals surface area contributed by atoms with Crippen LogP contribution in [0.25, 0.3) is 11.0 Å². The Labute approximate surface area is 256 Å². The number of hydrogen-bond donors (Lipinski definition) is 1. The van der Waals surface area contributed by atoms with Gasteiger partial charge < -0.3 is 10.2 Å². The summed E-state index contributed by atoms with van der Waals surface area (Å²) in [5.74, 6) is -4.21. The van der Waals surface area contributed by atoms with E-state index in [-0.39, 0.29) is 40.9 Å². The summed E-state index contributed by atoms with van der Waals surface area (Å²) in [5.41, 5.74) is 0.291. The molecule has 2 saturated heterocycles. The van der Waals surface area contributed by atoms with Crippen molar-refractivity contribution in [1.29, 1.82) is 0 Å². The van der Waals surface area contributed by atoms with Gasteiger partial charge in [-0.1, -0.05) is 37.5 Å². The van der Waals surface area contributed by atoms with Gasteiger partial charge in [-0.05, 0) is 57.1 Å². The molecule has 8 nitrogen and oxygen atoms in total. The molecule has 4 aliphatic heterocycles. The standard InChI is InChI=1S/C32H40F3N5O3S/c1-21-24-8-7-9-27(28(24)33)32(34,35)17-22-18-39(19-22)12-5-3-2-4-6-13-40-30-26(29(38-21)36-20-37-30)16-25(31(40)41)23-10-14-44(42,43)15-11-23/h7-9,16,20-23H,2-6,10-15,17-19H2,1H3,(H,36,37,38)/t21-/m0/s1. The number of halogens is 3. The summed E-state index contributed by atoms with van der Waals surface area (Å²) in [7, 11) is -3.13. The van der Waals surface area contributed by atoms with E-state index in [9.17, 15) is 13.2 Å². The first kappa shape index (κ1) is 31.0. The lowest BCUT2D eigenvalue weighted by Gasteiger charge is -2.41. The molecule has 7 rings (SSSR count). The third-order valence-electron chi connectivity index (χ3n) is 9.58. The highest BCUT2D eigenvalue weighted by molar-refractivity contribution is 7.91. The van der Waals surface area contributed by atoms with Crippen molar-refractivity contribution in [3.8, 4) is 0 Å². The van der Waals surface area contributed by atoms with Crippen molar-refractivity contribution >= 4 is 26.7 Å². The number of nitrogens with one attached hydrogen (secondary N) is 1. The maximum atomic E-state index is 15.8. The molecule has 4 aliphatic rings. The zero-order valence-electron chi connectivity index (χ0n) is 25.1. The second-order valence-corrected chi connectivity index (χ2v) is 15.1. The quantitative estimate of drug-likeness (QED) is 0.364. The lowest BCUT2D eigenvalue weighted by molar-refractivity contribution is -0.0592. The molecule has 6 heterocycles. The molecular weight excluding hydrogens is 591 g/mol. The fraction of sp³-hybridized carbons (Fsp3) is 0.594. The van der Waals surface area contributed by atoms with Crippen LogP contribution in [-0.4, -0.2) is 59.0 Å². The summed E-state index contributed by atoms with van der Waals surface area (Å²) in [6.45, 7) is 4.21. The molecule has 8 bridgehead atoms. The van der Waals surface area contributed by atoms with E-state index in [1.165, 1.54) is 24.5 Å². The van der Waals surface area contributed by atoms with Crippen LogP contribution in [0.15, 0.2) is 35.4 Å². The van der Waals surface area contributed by atoms with Crippen molar-refractivity contribution in [2.24, 2.45) is 5.92 Å². The van der Waals surface area contributed by atoms with E-state index < -0.39 is 33.2 Å². The molecule has 0 saturated carbocycles. The number of benzene rings is 1. The highest BCUT2D eigenvalue weighted by atomic mass is 32.2. The van der Waals surface area contributed by atoms with Crippen molar-refractivity contribution in [2.45, 2.75) is 82.7 Å². The number of sulfone groups is 1. The van der Waals surface area contributed by atoms with Gasteiger partial charge in [0.05, 0.1) is 28.5 Å². The highest BCUT2D eigenvalue weighted by Gasteiger charge is 2.41. The Morgan fingerprint density at radius 3 is 2.43 bits per heavy atom. The van der Waals surface area contributed by atoms with Crippen LogP contribution in [-0.2, 0) is 22.3 Å². The SMILES string of the molecule is C[C@@H]1Nc2ncnc3c2cc(C2CCS(=O)(=O)CC2)c(=O)n3CCCCCCCN2CC(C2)CC(F)(F)c2cccc1c2F. The lowest BCUT2D eigenvalue weighted by Crippen LogP contribution is -2.48. The van der Waals surface area contributed by atoms with Crippen molar-refractivity contribution in [1.82, 2.24) is 19.4 Å². The van der Waals surface area contributed by atoms with Gasteiger partial charge in [-0.15, -0.1) is 0 Å². The third-order valence-corrected chi connectivity index (χ3v) is 11.3. The fourth-order valence-corrected chi connectivity index (χ4v) is 8.56. The summed E-state index contributed by atoms with van der Waals surface area (Å²) >= 11 is 0. The number of alkyl halides is 2. The van der Waals surface area contributed by atoms with Gasteiger partial charge in [-0.25, -0.2) is 31.6 Å². The fourth-order valence-electron chi connectivity index (χ4n) is 7.07. The zero-order valence-corrected chi connectivity index (χ0v) is 25.9. The molecule has 0 spiro atoms. The molecule has 1 aromatic carbocycles. The first-order valence-corrected chi connectivity index (χ1v) is 17.6. The van der Waals surface area contributed by atoms with Gasteiger partial charge in [0.15, 0.2) is 0 Å². The topological polar surface area (TPSA) is 97.2 Å². The lowest BCUT2D eigenvalue weighted by atomic mass is 9.88. The van der Waals surface area contributed by atoms with E-state index in [1.54, 1.807) is 17.6 Å². The summed E-state index contributed by atoms with van der Waals surface area (Å²) in [6, 6.07) is 5.16. The van der Waals surface area contributed by atoms with Gasteiger partial charge in [0.2, 0.25) is 0 Å². The van der Waals surface area contributed by atoms with Gasteiger partial charge >= 0.3 is 0 Å².